The number of hydrogen-bond donors (Lipinski definition) is 2. The lowest BCUT2D eigenvalue weighted by molar-refractivity contribution is 0.264. The van der Waals surface area contributed by atoms with Gasteiger partial charge >= 0.3 is 0 Å². The number of nitrogens with zero attached hydrogens (tertiary/aromatic N) is 2. The van der Waals surface area contributed by atoms with E-state index in [9.17, 15) is 0 Å². The molecule has 0 saturated carbocycles. The molecule has 4 heteroatoms. The monoisotopic (exact) mass is 261 g/mol. The van der Waals surface area contributed by atoms with Crippen LogP contribution in [0.4, 0.5) is 0 Å². The van der Waals surface area contributed by atoms with Crippen molar-refractivity contribution in [2.45, 2.75) is 38.1 Å². The van der Waals surface area contributed by atoms with Crippen molar-refractivity contribution in [1.29, 1.82) is 0 Å². The molecule has 19 heavy (non-hydrogen) atoms. The van der Waals surface area contributed by atoms with Gasteiger partial charge in [-0.05, 0) is 50.3 Å². The number of amidine groups is 1. The molecule has 0 heterocycles. The minimum absolute atomic E-state index is 0.0425. The highest BCUT2D eigenvalue weighted by molar-refractivity contribution is 5.84. The van der Waals surface area contributed by atoms with Crippen molar-refractivity contribution in [1.82, 2.24) is 4.90 Å². The van der Waals surface area contributed by atoms with Crippen LogP contribution in [0.5, 0.6) is 0 Å². The van der Waals surface area contributed by atoms with Crippen LogP contribution >= 0.6 is 0 Å². The number of likely N-dealkylation sites (N-methyl/N-ethyl adjacent to an activating group) is 1. The molecule has 3 N–H and O–H groups in total. The smallest absolute Gasteiger partial charge is 0.156 e. The molecule has 104 valence electrons. The maximum absolute atomic E-state index is 8.75. The van der Waals surface area contributed by atoms with Crippen molar-refractivity contribution in [3.63, 3.8) is 0 Å². The number of nitrogens with two attached hydrogens (primary N) is 1. The standard InChI is InChI=1S/C15H23N3O/c1-11(15(16)17-19)18(2)10-13-8-5-7-12-6-3-4-9-14(12)13/h3-4,6,9,11,13,19H,5,7-8,10H2,1-2H3,(H2,16,17). The van der Waals surface area contributed by atoms with E-state index in [1.165, 1.54) is 30.4 Å². The summed E-state index contributed by atoms with van der Waals surface area (Å²) in [6, 6.07) is 8.66. The van der Waals surface area contributed by atoms with Gasteiger partial charge in [-0.1, -0.05) is 29.4 Å². The number of fused-ring (bicyclic) bond motifs is 1. The molecule has 0 radical (unpaired) electrons. The van der Waals surface area contributed by atoms with E-state index in [1.807, 2.05) is 14.0 Å². The lowest BCUT2D eigenvalue weighted by Gasteiger charge is -2.32. The summed E-state index contributed by atoms with van der Waals surface area (Å²) >= 11 is 0. The van der Waals surface area contributed by atoms with Gasteiger partial charge < -0.3 is 10.9 Å². The van der Waals surface area contributed by atoms with E-state index in [0.29, 0.717) is 5.92 Å². The molecule has 1 aliphatic carbocycles. The SMILES string of the molecule is CC(C(N)=NO)N(C)CC1CCCc2ccccc21. The van der Waals surface area contributed by atoms with E-state index in [0.717, 1.165) is 6.54 Å². The molecule has 0 bridgehead atoms. The zero-order valence-corrected chi connectivity index (χ0v) is 11.7. The van der Waals surface area contributed by atoms with Crippen molar-refractivity contribution in [2.24, 2.45) is 10.9 Å². The van der Waals surface area contributed by atoms with Crippen LogP contribution in [-0.4, -0.2) is 35.6 Å². The van der Waals surface area contributed by atoms with Crippen LogP contribution in [0.3, 0.4) is 0 Å². The van der Waals surface area contributed by atoms with Crippen LogP contribution in [0.15, 0.2) is 29.4 Å². The predicted octanol–water partition coefficient (Wildman–Crippen LogP) is 2.17. The lowest BCUT2D eigenvalue weighted by Crippen LogP contribution is -2.42. The first-order valence-electron chi connectivity index (χ1n) is 6.89. The van der Waals surface area contributed by atoms with Gasteiger partial charge in [0.15, 0.2) is 5.84 Å². The van der Waals surface area contributed by atoms with Gasteiger partial charge in [0.2, 0.25) is 0 Å². The molecule has 4 nitrogen and oxygen atoms in total. The van der Waals surface area contributed by atoms with Crippen LogP contribution in [-0.2, 0) is 6.42 Å². The minimum atomic E-state index is -0.0425. The van der Waals surface area contributed by atoms with Crippen LogP contribution < -0.4 is 5.73 Å². The molecule has 0 amide bonds. The maximum atomic E-state index is 8.75. The summed E-state index contributed by atoms with van der Waals surface area (Å²) in [6.45, 7) is 2.90. The van der Waals surface area contributed by atoms with Crippen molar-refractivity contribution >= 4 is 5.84 Å². The maximum Gasteiger partial charge on any atom is 0.156 e. The molecule has 0 spiro atoms. The van der Waals surface area contributed by atoms with Gasteiger partial charge in [-0.25, -0.2) is 0 Å². The van der Waals surface area contributed by atoms with Crippen LogP contribution in [0.2, 0.25) is 0 Å². The molecule has 0 aromatic heterocycles. The summed E-state index contributed by atoms with van der Waals surface area (Å²) in [7, 11) is 2.03. The number of aryl methyl sites for hydroxylation is 1. The van der Waals surface area contributed by atoms with Crippen molar-refractivity contribution in [3.8, 4) is 0 Å². The molecule has 1 aromatic rings. The van der Waals surface area contributed by atoms with Crippen LogP contribution in [0.1, 0.15) is 36.8 Å². The predicted molar refractivity (Wildman–Crippen MR) is 77.6 cm³/mol. The van der Waals surface area contributed by atoms with E-state index in [1.54, 1.807) is 0 Å². The molecular weight excluding hydrogens is 238 g/mol. The third-order valence-corrected chi connectivity index (χ3v) is 4.21. The summed E-state index contributed by atoms with van der Waals surface area (Å²) in [5.74, 6) is 0.815. The molecule has 0 fully saturated rings. The van der Waals surface area contributed by atoms with E-state index < -0.39 is 0 Å². The molecule has 1 aromatic carbocycles. The summed E-state index contributed by atoms with van der Waals surface area (Å²) in [4.78, 5) is 2.15. The third kappa shape index (κ3) is 3.07. The Hall–Kier alpha value is -1.55. The highest BCUT2D eigenvalue weighted by atomic mass is 16.4. The van der Waals surface area contributed by atoms with Gasteiger partial charge in [-0.3, -0.25) is 4.90 Å². The Morgan fingerprint density at radius 2 is 2.26 bits per heavy atom. The third-order valence-electron chi connectivity index (χ3n) is 4.21. The van der Waals surface area contributed by atoms with E-state index in [-0.39, 0.29) is 11.9 Å². The molecule has 0 aliphatic heterocycles. The molecule has 2 unspecified atom stereocenters. The van der Waals surface area contributed by atoms with Gasteiger partial charge in [-0.2, -0.15) is 0 Å². The van der Waals surface area contributed by atoms with Crippen molar-refractivity contribution in [3.05, 3.63) is 35.4 Å². The lowest BCUT2D eigenvalue weighted by atomic mass is 9.82. The molecule has 0 saturated heterocycles. The van der Waals surface area contributed by atoms with Gasteiger partial charge in [0.05, 0.1) is 6.04 Å². The Morgan fingerprint density at radius 1 is 1.53 bits per heavy atom. The summed E-state index contributed by atoms with van der Waals surface area (Å²) in [5.41, 5.74) is 8.62. The fourth-order valence-electron chi connectivity index (χ4n) is 2.86. The second-order valence-corrected chi connectivity index (χ2v) is 5.43. The van der Waals surface area contributed by atoms with Gasteiger partial charge in [0, 0.05) is 6.54 Å². The first-order valence-corrected chi connectivity index (χ1v) is 6.89. The topological polar surface area (TPSA) is 61.9 Å². The largest absolute Gasteiger partial charge is 0.409 e. The molecule has 2 rings (SSSR count). The second kappa shape index (κ2) is 6.06. The summed E-state index contributed by atoms with van der Waals surface area (Å²) in [5, 5.41) is 11.9. The quantitative estimate of drug-likeness (QED) is 0.378. The van der Waals surface area contributed by atoms with Gasteiger partial charge in [0.1, 0.15) is 0 Å². The molecule has 1 aliphatic rings. The zero-order valence-electron chi connectivity index (χ0n) is 11.7. The Bertz CT molecular complexity index is 458. The average molecular weight is 261 g/mol. The minimum Gasteiger partial charge on any atom is -0.409 e. The number of rotatable bonds is 4. The normalized spacial score (nSPS) is 21.2. The summed E-state index contributed by atoms with van der Waals surface area (Å²) < 4.78 is 0. The zero-order chi connectivity index (χ0) is 13.8. The average Bonchev–Trinajstić information content (AvgIpc) is 2.46. The Balaban J connectivity index is 2.08. The van der Waals surface area contributed by atoms with Gasteiger partial charge in [-0.15, -0.1) is 0 Å². The Morgan fingerprint density at radius 3 is 3.00 bits per heavy atom. The van der Waals surface area contributed by atoms with Crippen LogP contribution in [0, 0.1) is 0 Å². The second-order valence-electron chi connectivity index (χ2n) is 5.43. The summed E-state index contributed by atoms with van der Waals surface area (Å²) in [6.07, 6.45) is 3.64. The Kier molecular flexibility index (Phi) is 4.43. The Labute approximate surface area is 114 Å². The number of oxime groups is 1. The van der Waals surface area contributed by atoms with E-state index >= 15 is 0 Å². The fourth-order valence-corrected chi connectivity index (χ4v) is 2.86. The highest BCUT2D eigenvalue weighted by Crippen LogP contribution is 2.32. The first kappa shape index (κ1) is 13.9. The number of benzene rings is 1. The molecule has 2 atom stereocenters. The van der Waals surface area contributed by atoms with Crippen LogP contribution in [0.25, 0.3) is 0 Å². The number of hydrogen-bond acceptors (Lipinski definition) is 3. The van der Waals surface area contributed by atoms with Crippen molar-refractivity contribution in [2.75, 3.05) is 13.6 Å². The first-order chi connectivity index (χ1) is 9.13. The van der Waals surface area contributed by atoms with E-state index in [4.69, 9.17) is 10.9 Å². The molecular formula is C15H23N3O. The van der Waals surface area contributed by atoms with Gasteiger partial charge in [0.25, 0.3) is 0 Å². The fraction of sp³-hybridized carbons (Fsp3) is 0.533. The van der Waals surface area contributed by atoms with E-state index in [2.05, 4.69) is 34.3 Å². The van der Waals surface area contributed by atoms with Crippen molar-refractivity contribution < 1.29 is 5.21 Å². The highest BCUT2D eigenvalue weighted by Gasteiger charge is 2.23.